The molecule has 0 radical (unpaired) electrons. The molecule has 0 atom stereocenters. The van der Waals surface area contributed by atoms with Gasteiger partial charge in [0.05, 0.1) is 12.2 Å². The number of rotatable bonds is 6. The Morgan fingerprint density at radius 2 is 2.06 bits per heavy atom. The summed E-state index contributed by atoms with van der Waals surface area (Å²) in [5.41, 5.74) is 0.937. The van der Waals surface area contributed by atoms with Gasteiger partial charge in [0.2, 0.25) is 5.88 Å². The summed E-state index contributed by atoms with van der Waals surface area (Å²) in [5, 5.41) is 3.09. The van der Waals surface area contributed by atoms with Crippen molar-refractivity contribution in [3.63, 3.8) is 0 Å². The highest BCUT2D eigenvalue weighted by Crippen LogP contribution is 2.14. The van der Waals surface area contributed by atoms with E-state index in [0.29, 0.717) is 19.1 Å². The van der Waals surface area contributed by atoms with Gasteiger partial charge in [0.25, 0.3) is 0 Å². The highest BCUT2D eigenvalue weighted by molar-refractivity contribution is 5.25. The van der Waals surface area contributed by atoms with E-state index in [1.165, 1.54) is 0 Å². The lowest BCUT2D eigenvalue weighted by atomic mass is 10.2. The average Bonchev–Trinajstić information content (AvgIpc) is 2.25. The lowest BCUT2D eigenvalue weighted by Crippen LogP contribution is -2.22. The van der Waals surface area contributed by atoms with Crippen LogP contribution in [-0.4, -0.2) is 30.8 Å². The Morgan fingerprint density at radius 3 is 2.71 bits per heavy atom. The molecule has 1 N–H and O–H groups in total. The minimum absolute atomic E-state index is 0.124. The Kier molecular flexibility index (Phi) is 5.38. The molecule has 0 aliphatic rings. The summed E-state index contributed by atoms with van der Waals surface area (Å²) < 4.78 is 11.2. The van der Waals surface area contributed by atoms with Crippen molar-refractivity contribution in [2.45, 2.75) is 32.9 Å². The molecule has 1 aromatic heterocycles. The number of nitrogens with zero attached hydrogens (tertiary/aromatic N) is 1. The van der Waals surface area contributed by atoms with Crippen LogP contribution in [0.5, 0.6) is 5.88 Å². The standard InChI is InChI=1S/C13H22N2O2/c1-13(2,3)17-9-8-16-12-11(10-14-4)6-5-7-15-12/h5-7,14H,8-10H2,1-4H3. The first kappa shape index (κ1) is 13.9. The average molecular weight is 238 g/mol. The van der Waals surface area contributed by atoms with Gasteiger partial charge >= 0.3 is 0 Å². The summed E-state index contributed by atoms with van der Waals surface area (Å²) in [4.78, 5) is 4.21. The monoisotopic (exact) mass is 238 g/mol. The molecule has 1 aromatic rings. The molecule has 0 aromatic carbocycles. The van der Waals surface area contributed by atoms with Crippen LogP contribution in [0.3, 0.4) is 0 Å². The summed E-state index contributed by atoms with van der Waals surface area (Å²) in [6, 6.07) is 3.91. The quantitative estimate of drug-likeness (QED) is 0.770. The molecule has 0 bridgehead atoms. The highest BCUT2D eigenvalue weighted by atomic mass is 16.5. The first-order valence-electron chi connectivity index (χ1n) is 5.88. The van der Waals surface area contributed by atoms with Crippen LogP contribution in [0.15, 0.2) is 18.3 Å². The van der Waals surface area contributed by atoms with E-state index >= 15 is 0 Å². The zero-order valence-electron chi connectivity index (χ0n) is 11.1. The van der Waals surface area contributed by atoms with Crippen LogP contribution >= 0.6 is 0 Å². The van der Waals surface area contributed by atoms with Crippen LogP contribution in [0.2, 0.25) is 0 Å². The molecule has 4 heteroatoms. The molecular formula is C13H22N2O2. The number of nitrogens with one attached hydrogen (secondary N) is 1. The lowest BCUT2D eigenvalue weighted by molar-refractivity contribution is -0.0169. The summed E-state index contributed by atoms with van der Waals surface area (Å²) in [6.07, 6.45) is 1.74. The van der Waals surface area contributed by atoms with Gasteiger partial charge < -0.3 is 14.8 Å². The summed E-state index contributed by atoms with van der Waals surface area (Å²) in [7, 11) is 1.90. The molecule has 0 amide bonds. The van der Waals surface area contributed by atoms with Crippen molar-refractivity contribution in [1.82, 2.24) is 10.3 Å². The van der Waals surface area contributed by atoms with Crippen LogP contribution < -0.4 is 10.1 Å². The third-order valence-corrected chi connectivity index (χ3v) is 2.07. The molecule has 17 heavy (non-hydrogen) atoms. The van der Waals surface area contributed by atoms with E-state index in [4.69, 9.17) is 9.47 Å². The fraction of sp³-hybridized carbons (Fsp3) is 0.615. The second-order valence-electron chi connectivity index (χ2n) is 4.81. The van der Waals surface area contributed by atoms with E-state index in [-0.39, 0.29) is 5.60 Å². The first-order chi connectivity index (χ1) is 8.03. The minimum Gasteiger partial charge on any atom is -0.475 e. The van der Waals surface area contributed by atoms with Gasteiger partial charge in [-0.2, -0.15) is 0 Å². The normalized spacial score (nSPS) is 11.5. The summed E-state index contributed by atoms with van der Waals surface area (Å²) in [6.45, 7) is 7.92. The SMILES string of the molecule is CNCc1cccnc1OCCOC(C)(C)C. The molecule has 1 heterocycles. The van der Waals surface area contributed by atoms with Crippen molar-refractivity contribution in [3.8, 4) is 5.88 Å². The second kappa shape index (κ2) is 6.57. The molecule has 96 valence electrons. The topological polar surface area (TPSA) is 43.4 Å². The summed E-state index contributed by atoms with van der Waals surface area (Å²) >= 11 is 0. The van der Waals surface area contributed by atoms with Crippen molar-refractivity contribution in [3.05, 3.63) is 23.9 Å². The predicted octanol–water partition coefficient (Wildman–Crippen LogP) is 1.99. The molecule has 0 saturated carbocycles. The van der Waals surface area contributed by atoms with Crippen molar-refractivity contribution >= 4 is 0 Å². The zero-order chi connectivity index (χ0) is 12.7. The van der Waals surface area contributed by atoms with E-state index in [2.05, 4.69) is 10.3 Å². The predicted molar refractivity (Wildman–Crippen MR) is 68.2 cm³/mol. The van der Waals surface area contributed by atoms with Crippen LogP contribution in [0, 0.1) is 0 Å². The molecule has 0 fully saturated rings. The third-order valence-electron chi connectivity index (χ3n) is 2.07. The molecule has 0 unspecified atom stereocenters. The third kappa shape index (κ3) is 5.65. The Hall–Kier alpha value is -1.13. The van der Waals surface area contributed by atoms with E-state index in [9.17, 15) is 0 Å². The van der Waals surface area contributed by atoms with Crippen LogP contribution in [-0.2, 0) is 11.3 Å². The van der Waals surface area contributed by atoms with Crippen molar-refractivity contribution < 1.29 is 9.47 Å². The maximum Gasteiger partial charge on any atom is 0.217 e. The molecule has 0 aliphatic carbocycles. The van der Waals surface area contributed by atoms with Crippen molar-refractivity contribution in [2.75, 3.05) is 20.3 Å². The molecule has 0 spiro atoms. The Labute approximate surface area is 103 Å². The number of pyridine rings is 1. The van der Waals surface area contributed by atoms with Crippen LogP contribution in [0.4, 0.5) is 0 Å². The summed E-state index contributed by atoms with van der Waals surface area (Å²) in [5.74, 6) is 0.680. The van der Waals surface area contributed by atoms with Gasteiger partial charge in [-0.25, -0.2) is 4.98 Å². The van der Waals surface area contributed by atoms with Gasteiger partial charge in [0.15, 0.2) is 0 Å². The number of aromatic nitrogens is 1. The van der Waals surface area contributed by atoms with Gasteiger partial charge in [-0.05, 0) is 33.9 Å². The Bertz CT molecular complexity index is 334. The molecule has 4 nitrogen and oxygen atoms in total. The number of hydrogen-bond acceptors (Lipinski definition) is 4. The van der Waals surface area contributed by atoms with Crippen molar-refractivity contribution in [2.24, 2.45) is 0 Å². The van der Waals surface area contributed by atoms with Gasteiger partial charge in [-0.1, -0.05) is 6.07 Å². The second-order valence-corrected chi connectivity index (χ2v) is 4.81. The maximum atomic E-state index is 5.61. The zero-order valence-corrected chi connectivity index (χ0v) is 11.1. The Balaban J connectivity index is 2.41. The van der Waals surface area contributed by atoms with Crippen LogP contribution in [0.25, 0.3) is 0 Å². The largest absolute Gasteiger partial charge is 0.475 e. The van der Waals surface area contributed by atoms with E-state index in [1.807, 2.05) is 40.0 Å². The van der Waals surface area contributed by atoms with Gasteiger partial charge in [-0.3, -0.25) is 0 Å². The molecular weight excluding hydrogens is 216 g/mol. The highest BCUT2D eigenvalue weighted by Gasteiger charge is 2.10. The van der Waals surface area contributed by atoms with Gasteiger partial charge in [0, 0.05) is 18.3 Å². The van der Waals surface area contributed by atoms with E-state index in [0.717, 1.165) is 12.1 Å². The van der Waals surface area contributed by atoms with Gasteiger partial charge in [0.1, 0.15) is 6.61 Å². The maximum absolute atomic E-state index is 5.61. The molecule has 0 saturated heterocycles. The van der Waals surface area contributed by atoms with Crippen LogP contribution in [0.1, 0.15) is 26.3 Å². The number of ether oxygens (including phenoxy) is 2. The minimum atomic E-state index is -0.124. The molecule has 1 rings (SSSR count). The van der Waals surface area contributed by atoms with Gasteiger partial charge in [-0.15, -0.1) is 0 Å². The fourth-order valence-electron chi connectivity index (χ4n) is 1.37. The Morgan fingerprint density at radius 1 is 1.29 bits per heavy atom. The fourth-order valence-corrected chi connectivity index (χ4v) is 1.37. The van der Waals surface area contributed by atoms with E-state index in [1.54, 1.807) is 6.20 Å². The molecule has 0 aliphatic heterocycles. The smallest absolute Gasteiger partial charge is 0.217 e. The number of hydrogen-bond donors (Lipinski definition) is 1. The first-order valence-corrected chi connectivity index (χ1v) is 5.88. The lowest BCUT2D eigenvalue weighted by Gasteiger charge is -2.19. The van der Waals surface area contributed by atoms with E-state index < -0.39 is 0 Å². The van der Waals surface area contributed by atoms with Crippen molar-refractivity contribution in [1.29, 1.82) is 0 Å².